The molecule has 1 fully saturated rings. The van der Waals surface area contributed by atoms with Crippen molar-refractivity contribution >= 4 is 5.91 Å². The van der Waals surface area contributed by atoms with E-state index in [1.165, 1.54) is 12.0 Å². The van der Waals surface area contributed by atoms with Gasteiger partial charge in [0.15, 0.2) is 0 Å². The van der Waals surface area contributed by atoms with Gasteiger partial charge in [0.2, 0.25) is 0 Å². The predicted molar refractivity (Wildman–Crippen MR) is 90.7 cm³/mol. The quantitative estimate of drug-likeness (QED) is 0.915. The molecular weight excluding hydrogens is 288 g/mol. The van der Waals surface area contributed by atoms with Crippen LogP contribution in [0.3, 0.4) is 0 Å². The SMILES string of the molecule is Cc1ccc(C(=O)NC2CCCCC2c2ccccc2)c(=O)[nH]1. The van der Waals surface area contributed by atoms with E-state index in [1.54, 1.807) is 19.1 Å². The van der Waals surface area contributed by atoms with E-state index in [-0.39, 0.29) is 23.1 Å². The van der Waals surface area contributed by atoms with Gasteiger partial charge in [0.05, 0.1) is 0 Å². The molecule has 1 aliphatic rings. The van der Waals surface area contributed by atoms with E-state index in [9.17, 15) is 9.59 Å². The molecule has 1 aliphatic carbocycles. The minimum Gasteiger partial charge on any atom is -0.349 e. The van der Waals surface area contributed by atoms with Gasteiger partial charge in [-0.3, -0.25) is 9.59 Å². The van der Waals surface area contributed by atoms with Crippen molar-refractivity contribution in [2.24, 2.45) is 0 Å². The van der Waals surface area contributed by atoms with Crippen LogP contribution < -0.4 is 10.9 Å². The normalized spacial score (nSPS) is 20.9. The van der Waals surface area contributed by atoms with Gasteiger partial charge in [-0.05, 0) is 37.5 Å². The van der Waals surface area contributed by atoms with Crippen molar-refractivity contribution in [2.45, 2.75) is 44.6 Å². The lowest BCUT2D eigenvalue weighted by molar-refractivity contribution is 0.0919. The molecule has 1 amide bonds. The Labute approximate surface area is 135 Å². The molecule has 1 heterocycles. The van der Waals surface area contributed by atoms with Gasteiger partial charge in [-0.15, -0.1) is 0 Å². The van der Waals surface area contributed by atoms with Crippen LogP contribution in [-0.2, 0) is 0 Å². The number of H-pyrrole nitrogens is 1. The molecule has 120 valence electrons. The summed E-state index contributed by atoms with van der Waals surface area (Å²) in [4.78, 5) is 27.1. The molecule has 23 heavy (non-hydrogen) atoms. The summed E-state index contributed by atoms with van der Waals surface area (Å²) < 4.78 is 0. The zero-order valence-electron chi connectivity index (χ0n) is 13.3. The molecule has 2 N–H and O–H groups in total. The third kappa shape index (κ3) is 3.52. The molecule has 0 spiro atoms. The standard InChI is InChI=1S/C19H22N2O2/c1-13-11-12-16(18(22)20-13)19(23)21-17-10-6-5-9-15(17)14-7-3-2-4-8-14/h2-4,7-8,11-12,15,17H,5-6,9-10H2,1H3,(H,20,22)(H,21,23). The number of hydrogen-bond donors (Lipinski definition) is 2. The van der Waals surface area contributed by atoms with E-state index >= 15 is 0 Å². The van der Waals surface area contributed by atoms with Crippen molar-refractivity contribution in [1.29, 1.82) is 0 Å². The highest BCUT2D eigenvalue weighted by Gasteiger charge is 2.28. The lowest BCUT2D eigenvalue weighted by atomic mass is 9.80. The van der Waals surface area contributed by atoms with Crippen LogP contribution in [0.4, 0.5) is 0 Å². The van der Waals surface area contributed by atoms with E-state index in [0.29, 0.717) is 5.92 Å². The molecular formula is C19H22N2O2. The van der Waals surface area contributed by atoms with Crippen LogP contribution in [0.1, 0.15) is 53.2 Å². The maximum absolute atomic E-state index is 12.5. The van der Waals surface area contributed by atoms with Gasteiger partial charge in [-0.1, -0.05) is 43.2 Å². The van der Waals surface area contributed by atoms with Crippen molar-refractivity contribution in [3.63, 3.8) is 0 Å². The molecule has 0 aliphatic heterocycles. The Hall–Kier alpha value is -2.36. The molecule has 1 aromatic heterocycles. The van der Waals surface area contributed by atoms with Gasteiger partial charge < -0.3 is 10.3 Å². The summed E-state index contributed by atoms with van der Waals surface area (Å²) in [7, 11) is 0. The van der Waals surface area contributed by atoms with Gasteiger partial charge >= 0.3 is 0 Å². The maximum Gasteiger partial charge on any atom is 0.260 e. The second-order valence-corrected chi connectivity index (χ2v) is 6.27. The smallest absolute Gasteiger partial charge is 0.260 e. The van der Waals surface area contributed by atoms with Gasteiger partial charge in [-0.2, -0.15) is 0 Å². The molecule has 0 bridgehead atoms. The fourth-order valence-corrected chi connectivity index (χ4v) is 3.40. The topological polar surface area (TPSA) is 62.0 Å². The Bertz CT molecular complexity index is 737. The summed E-state index contributed by atoms with van der Waals surface area (Å²) in [5, 5.41) is 3.09. The molecule has 2 unspecified atom stereocenters. The molecule has 3 rings (SSSR count). The molecule has 0 radical (unpaired) electrons. The molecule has 1 saturated carbocycles. The first-order valence-electron chi connectivity index (χ1n) is 8.21. The zero-order chi connectivity index (χ0) is 16.2. The van der Waals surface area contributed by atoms with E-state index in [4.69, 9.17) is 0 Å². The average molecular weight is 310 g/mol. The number of pyridine rings is 1. The number of aromatic amines is 1. The Morgan fingerprint density at radius 3 is 2.57 bits per heavy atom. The highest BCUT2D eigenvalue weighted by atomic mass is 16.2. The molecule has 0 saturated heterocycles. The Morgan fingerprint density at radius 2 is 1.83 bits per heavy atom. The van der Waals surface area contributed by atoms with E-state index in [2.05, 4.69) is 22.4 Å². The highest BCUT2D eigenvalue weighted by molar-refractivity contribution is 5.94. The summed E-state index contributed by atoms with van der Waals surface area (Å²) in [6.45, 7) is 1.80. The van der Waals surface area contributed by atoms with Crippen molar-refractivity contribution in [2.75, 3.05) is 0 Å². The molecule has 4 heteroatoms. The lowest BCUT2D eigenvalue weighted by Gasteiger charge is -2.32. The van der Waals surface area contributed by atoms with Crippen LogP contribution >= 0.6 is 0 Å². The minimum atomic E-state index is -0.324. The molecule has 2 aromatic rings. The monoisotopic (exact) mass is 310 g/mol. The van der Waals surface area contributed by atoms with Crippen molar-refractivity contribution in [3.05, 3.63) is 69.6 Å². The highest BCUT2D eigenvalue weighted by Crippen LogP contribution is 2.33. The molecule has 2 atom stereocenters. The molecule has 4 nitrogen and oxygen atoms in total. The summed E-state index contributed by atoms with van der Waals surface area (Å²) >= 11 is 0. The number of hydrogen-bond acceptors (Lipinski definition) is 2. The Kier molecular flexibility index (Phi) is 4.60. The van der Waals surface area contributed by atoms with Gasteiger partial charge in [0.25, 0.3) is 11.5 Å². The fourth-order valence-electron chi connectivity index (χ4n) is 3.40. The summed E-state index contributed by atoms with van der Waals surface area (Å²) in [5.74, 6) is 0.0394. The molecule has 1 aromatic carbocycles. The van der Waals surface area contributed by atoms with Crippen molar-refractivity contribution in [3.8, 4) is 0 Å². The predicted octanol–water partition coefficient (Wildman–Crippen LogP) is 3.14. The lowest BCUT2D eigenvalue weighted by Crippen LogP contribution is -2.42. The first-order chi connectivity index (χ1) is 11.1. The summed E-state index contributed by atoms with van der Waals surface area (Å²) in [6, 6.07) is 13.8. The van der Waals surface area contributed by atoms with Crippen LogP contribution in [-0.4, -0.2) is 16.9 Å². The van der Waals surface area contributed by atoms with Crippen LogP contribution in [0.5, 0.6) is 0 Å². The van der Waals surface area contributed by atoms with Gasteiger partial charge in [0.1, 0.15) is 5.56 Å². The summed E-state index contributed by atoms with van der Waals surface area (Å²) in [6.07, 6.45) is 4.31. The van der Waals surface area contributed by atoms with Gasteiger partial charge in [-0.25, -0.2) is 0 Å². The number of benzene rings is 1. The first kappa shape index (κ1) is 15.5. The zero-order valence-corrected chi connectivity index (χ0v) is 13.3. The number of aryl methyl sites for hydroxylation is 1. The second kappa shape index (κ2) is 6.82. The van der Waals surface area contributed by atoms with E-state index in [1.807, 2.05) is 18.2 Å². The van der Waals surface area contributed by atoms with Gasteiger partial charge in [0, 0.05) is 17.7 Å². The van der Waals surface area contributed by atoms with Crippen LogP contribution in [0, 0.1) is 6.92 Å². The number of carbonyl (C=O) groups excluding carboxylic acids is 1. The first-order valence-corrected chi connectivity index (χ1v) is 8.21. The third-order valence-electron chi connectivity index (χ3n) is 4.61. The van der Waals surface area contributed by atoms with Crippen LogP contribution in [0.25, 0.3) is 0 Å². The largest absolute Gasteiger partial charge is 0.349 e. The second-order valence-electron chi connectivity index (χ2n) is 6.27. The van der Waals surface area contributed by atoms with Crippen molar-refractivity contribution < 1.29 is 4.79 Å². The van der Waals surface area contributed by atoms with Crippen LogP contribution in [0.15, 0.2) is 47.3 Å². The van der Waals surface area contributed by atoms with E-state index in [0.717, 1.165) is 25.0 Å². The number of amides is 1. The number of aromatic nitrogens is 1. The van der Waals surface area contributed by atoms with E-state index < -0.39 is 0 Å². The number of nitrogens with one attached hydrogen (secondary N) is 2. The maximum atomic E-state index is 12.5. The fraction of sp³-hybridized carbons (Fsp3) is 0.368. The number of carbonyl (C=O) groups is 1. The van der Waals surface area contributed by atoms with Crippen molar-refractivity contribution in [1.82, 2.24) is 10.3 Å². The minimum absolute atomic E-state index is 0.0827. The summed E-state index contributed by atoms with van der Waals surface area (Å²) in [5.41, 5.74) is 1.88. The number of rotatable bonds is 3. The Balaban J connectivity index is 1.79. The average Bonchev–Trinajstić information content (AvgIpc) is 2.56. The third-order valence-corrected chi connectivity index (χ3v) is 4.61. The Morgan fingerprint density at radius 1 is 1.09 bits per heavy atom. The van der Waals surface area contributed by atoms with Crippen LogP contribution in [0.2, 0.25) is 0 Å².